The summed E-state index contributed by atoms with van der Waals surface area (Å²) in [7, 11) is -3.62. The molecule has 2 N–H and O–H groups in total. The van der Waals surface area contributed by atoms with Gasteiger partial charge in [-0.25, -0.2) is 23.4 Å². The zero-order valence-corrected chi connectivity index (χ0v) is 20.5. The Morgan fingerprint density at radius 1 is 1.22 bits per heavy atom. The molecule has 1 aliphatic rings. The van der Waals surface area contributed by atoms with E-state index in [-0.39, 0.29) is 21.3 Å². The number of nitrogens with one attached hydrogen (secondary N) is 2. The lowest BCUT2D eigenvalue weighted by Crippen LogP contribution is -2.50. The van der Waals surface area contributed by atoms with Crippen molar-refractivity contribution < 1.29 is 13.2 Å². The van der Waals surface area contributed by atoms with Crippen molar-refractivity contribution in [3.05, 3.63) is 23.5 Å². The zero-order valence-electron chi connectivity index (χ0n) is 18.0. The van der Waals surface area contributed by atoms with E-state index in [9.17, 15) is 13.2 Å². The van der Waals surface area contributed by atoms with Gasteiger partial charge in [-0.3, -0.25) is 9.69 Å². The van der Waals surface area contributed by atoms with Crippen molar-refractivity contribution in [1.29, 1.82) is 0 Å². The Labute approximate surface area is 194 Å². The first-order chi connectivity index (χ1) is 15.2. The minimum absolute atomic E-state index is 0.139. The van der Waals surface area contributed by atoms with Crippen molar-refractivity contribution >= 4 is 59.8 Å². The number of thiophene rings is 1. The van der Waals surface area contributed by atoms with E-state index in [0.717, 1.165) is 39.5 Å². The van der Waals surface area contributed by atoms with Crippen LogP contribution in [0.15, 0.2) is 22.1 Å². The largest absolute Gasteiger partial charge is 0.365 e. The Kier molecular flexibility index (Phi) is 6.72. The summed E-state index contributed by atoms with van der Waals surface area (Å²) in [5, 5.41) is 8.37. The van der Waals surface area contributed by atoms with Gasteiger partial charge in [-0.2, -0.15) is 4.31 Å². The molecule has 1 fully saturated rings. The third-order valence-corrected chi connectivity index (χ3v) is 9.48. The SMILES string of the molecule is CC(=O)Nc1ncc(S(=O)(=O)N2CCN(C[C@H](C)Nc3ncnc4c(C)csc34)CC2)s1. The van der Waals surface area contributed by atoms with Gasteiger partial charge < -0.3 is 10.6 Å². The van der Waals surface area contributed by atoms with Gasteiger partial charge >= 0.3 is 0 Å². The first-order valence-corrected chi connectivity index (χ1v) is 13.3. The van der Waals surface area contributed by atoms with Gasteiger partial charge in [0.25, 0.3) is 10.0 Å². The topological polar surface area (TPSA) is 120 Å². The average Bonchev–Trinajstić information content (AvgIpc) is 3.36. The number of aryl methyl sites for hydroxylation is 1. The summed E-state index contributed by atoms with van der Waals surface area (Å²) in [4.78, 5) is 26.2. The molecule has 1 saturated heterocycles. The molecule has 1 amide bonds. The summed E-state index contributed by atoms with van der Waals surface area (Å²) < 4.78 is 28.5. The maximum absolute atomic E-state index is 12.9. The van der Waals surface area contributed by atoms with E-state index >= 15 is 0 Å². The Bertz CT molecular complexity index is 1220. The van der Waals surface area contributed by atoms with Gasteiger partial charge in [0.2, 0.25) is 5.91 Å². The summed E-state index contributed by atoms with van der Waals surface area (Å²) in [6, 6.07) is 0.139. The number of hydrogen-bond acceptors (Lipinski definition) is 10. The molecule has 0 bridgehead atoms. The van der Waals surface area contributed by atoms with Crippen LogP contribution in [0.1, 0.15) is 19.4 Å². The van der Waals surface area contributed by atoms with Crippen molar-refractivity contribution in [2.45, 2.75) is 31.0 Å². The number of piperazine rings is 1. The number of hydrogen-bond donors (Lipinski definition) is 2. The number of nitrogens with zero attached hydrogens (tertiary/aromatic N) is 5. The van der Waals surface area contributed by atoms with E-state index in [1.54, 1.807) is 17.7 Å². The molecule has 1 atom stereocenters. The van der Waals surface area contributed by atoms with Gasteiger partial charge in [-0.15, -0.1) is 11.3 Å². The van der Waals surface area contributed by atoms with Crippen molar-refractivity contribution in [2.75, 3.05) is 43.4 Å². The third kappa shape index (κ3) is 4.91. The molecule has 0 radical (unpaired) electrons. The lowest BCUT2D eigenvalue weighted by molar-refractivity contribution is -0.114. The number of sulfonamides is 1. The standard InChI is InChI=1S/C19H25N7O3S3/c1-12-10-30-17-16(12)21-11-22-18(17)23-13(2)9-25-4-6-26(7-5-25)32(28,29)15-8-20-19(31-15)24-14(3)27/h8,10-11,13H,4-7,9H2,1-3H3,(H,20,24,27)(H,21,22,23)/t13-/m0/s1. The summed E-state index contributed by atoms with van der Waals surface area (Å²) in [5.41, 5.74) is 2.12. The molecule has 4 heterocycles. The molecule has 0 saturated carbocycles. The minimum Gasteiger partial charge on any atom is -0.365 e. The Hall–Kier alpha value is -2.19. The number of anilines is 2. The summed E-state index contributed by atoms with van der Waals surface area (Å²) >= 11 is 2.60. The van der Waals surface area contributed by atoms with E-state index in [1.807, 2.05) is 6.92 Å². The quantitative estimate of drug-likeness (QED) is 0.512. The molecule has 3 aromatic heterocycles. The molecule has 0 unspecified atom stereocenters. The number of aromatic nitrogens is 3. The summed E-state index contributed by atoms with van der Waals surface area (Å²) in [6.07, 6.45) is 2.88. The van der Waals surface area contributed by atoms with Crippen LogP contribution in [-0.4, -0.2) is 77.2 Å². The van der Waals surface area contributed by atoms with Crippen molar-refractivity contribution in [2.24, 2.45) is 0 Å². The molecular weight excluding hydrogens is 470 g/mol. The van der Waals surface area contributed by atoms with E-state index < -0.39 is 10.0 Å². The minimum atomic E-state index is -3.62. The van der Waals surface area contributed by atoms with Crippen LogP contribution >= 0.6 is 22.7 Å². The molecular formula is C19H25N7O3S3. The average molecular weight is 496 g/mol. The molecule has 1 aliphatic heterocycles. The summed E-state index contributed by atoms with van der Waals surface area (Å²) in [5.74, 6) is 0.554. The van der Waals surface area contributed by atoms with Crippen LogP contribution in [0.25, 0.3) is 10.2 Å². The monoisotopic (exact) mass is 495 g/mol. The third-order valence-electron chi connectivity index (χ3n) is 5.14. The van der Waals surface area contributed by atoms with Crippen LogP contribution < -0.4 is 10.6 Å². The lowest BCUT2D eigenvalue weighted by Gasteiger charge is -2.35. The summed E-state index contributed by atoms with van der Waals surface area (Å²) in [6.45, 7) is 8.36. The van der Waals surface area contributed by atoms with E-state index in [2.05, 4.69) is 42.8 Å². The maximum Gasteiger partial charge on any atom is 0.254 e. The second-order valence-electron chi connectivity index (χ2n) is 7.73. The van der Waals surface area contributed by atoms with Gasteiger partial charge in [-0.05, 0) is 24.8 Å². The molecule has 0 aliphatic carbocycles. The van der Waals surface area contributed by atoms with Gasteiger partial charge in [0.1, 0.15) is 12.1 Å². The fourth-order valence-corrected chi connectivity index (χ4v) is 7.21. The highest BCUT2D eigenvalue weighted by atomic mass is 32.2. The first-order valence-electron chi connectivity index (χ1n) is 10.2. The second kappa shape index (κ2) is 9.35. The molecule has 0 spiro atoms. The normalized spacial score (nSPS) is 16.8. The van der Waals surface area contributed by atoms with E-state index in [1.165, 1.54) is 17.4 Å². The van der Waals surface area contributed by atoms with Crippen LogP contribution in [0.2, 0.25) is 0 Å². The van der Waals surface area contributed by atoms with Gasteiger partial charge in [0, 0.05) is 45.7 Å². The molecule has 4 rings (SSSR count). The fourth-order valence-electron chi connectivity index (χ4n) is 3.61. The van der Waals surface area contributed by atoms with Crippen LogP contribution in [0, 0.1) is 6.92 Å². The molecule has 10 nitrogen and oxygen atoms in total. The lowest BCUT2D eigenvalue weighted by atomic mass is 10.2. The van der Waals surface area contributed by atoms with Crippen LogP contribution in [0.4, 0.5) is 10.9 Å². The molecule has 32 heavy (non-hydrogen) atoms. The second-order valence-corrected chi connectivity index (χ2v) is 11.8. The highest BCUT2D eigenvalue weighted by molar-refractivity contribution is 7.91. The Morgan fingerprint density at radius 3 is 2.69 bits per heavy atom. The Morgan fingerprint density at radius 2 is 1.97 bits per heavy atom. The molecule has 0 aromatic carbocycles. The van der Waals surface area contributed by atoms with Crippen LogP contribution in [0.5, 0.6) is 0 Å². The van der Waals surface area contributed by atoms with Gasteiger partial charge in [0.05, 0.1) is 16.4 Å². The zero-order chi connectivity index (χ0) is 22.9. The van der Waals surface area contributed by atoms with Crippen LogP contribution in [-0.2, 0) is 14.8 Å². The molecule has 13 heteroatoms. The van der Waals surface area contributed by atoms with Gasteiger partial charge in [0.15, 0.2) is 9.34 Å². The number of fused-ring (bicyclic) bond motifs is 1. The predicted molar refractivity (Wildman–Crippen MR) is 127 cm³/mol. The smallest absolute Gasteiger partial charge is 0.254 e. The molecule has 172 valence electrons. The number of rotatable bonds is 7. The first kappa shape index (κ1) is 23.0. The van der Waals surface area contributed by atoms with Crippen LogP contribution in [0.3, 0.4) is 0 Å². The highest BCUT2D eigenvalue weighted by Crippen LogP contribution is 2.29. The number of carbonyl (C=O) groups is 1. The molecule has 3 aromatic rings. The number of carbonyl (C=O) groups excluding carboxylic acids is 1. The van der Waals surface area contributed by atoms with Gasteiger partial charge in [-0.1, -0.05) is 11.3 Å². The van der Waals surface area contributed by atoms with Crippen molar-refractivity contribution in [1.82, 2.24) is 24.2 Å². The number of thiazole rings is 1. The highest BCUT2D eigenvalue weighted by Gasteiger charge is 2.30. The maximum atomic E-state index is 12.9. The van der Waals surface area contributed by atoms with E-state index in [0.29, 0.717) is 26.2 Å². The van der Waals surface area contributed by atoms with Crippen molar-refractivity contribution in [3.8, 4) is 0 Å². The fraction of sp³-hybridized carbons (Fsp3) is 0.474. The number of amides is 1. The van der Waals surface area contributed by atoms with Crippen molar-refractivity contribution in [3.63, 3.8) is 0 Å². The Balaban J connectivity index is 1.33. The van der Waals surface area contributed by atoms with E-state index in [4.69, 9.17) is 0 Å². The predicted octanol–water partition coefficient (Wildman–Crippen LogP) is 2.22.